The molecule has 1 unspecified atom stereocenters. The molecule has 1 aliphatic rings. The first-order chi connectivity index (χ1) is 9.65. The Morgan fingerprint density at radius 1 is 1.45 bits per heavy atom. The lowest BCUT2D eigenvalue weighted by Gasteiger charge is -2.11. The third-order valence-corrected chi connectivity index (χ3v) is 3.80. The average Bonchev–Trinajstić information content (AvgIpc) is 3.03. The second kappa shape index (κ2) is 5.17. The summed E-state index contributed by atoms with van der Waals surface area (Å²) in [5.74, 6) is 0.751. The van der Waals surface area contributed by atoms with Gasteiger partial charge in [-0.3, -0.25) is 4.79 Å². The summed E-state index contributed by atoms with van der Waals surface area (Å²) in [4.78, 5) is 17.6. The molecule has 1 atom stereocenters. The quantitative estimate of drug-likeness (QED) is 0.893. The Labute approximate surface area is 117 Å². The number of nitrogens with one attached hydrogen (secondary N) is 2. The van der Waals surface area contributed by atoms with E-state index < -0.39 is 0 Å². The minimum absolute atomic E-state index is 0.0412. The van der Waals surface area contributed by atoms with Crippen molar-refractivity contribution in [3.05, 3.63) is 30.0 Å². The van der Waals surface area contributed by atoms with Crippen LogP contribution in [0.5, 0.6) is 5.75 Å². The zero-order valence-corrected chi connectivity index (χ0v) is 11.8. The Balaban J connectivity index is 1.77. The van der Waals surface area contributed by atoms with E-state index >= 15 is 0 Å². The number of nitrogens with zero attached hydrogens (tertiary/aromatic N) is 1. The third-order valence-electron chi connectivity index (χ3n) is 3.80. The number of carbonyl (C=O) groups excluding carboxylic acids is 1. The van der Waals surface area contributed by atoms with Crippen molar-refractivity contribution in [2.24, 2.45) is 0 Å². The summed E-state index contributed by atoms with van der Waals surface area (Å²) < 4.78 is 5.19. The monoisotopic (exact) mass is 273 g/mol. The number of benzene rings is 1. The van der Waals surface area contributed by atoms with Crippen LogP contribution in [0.1, 0.15) is 16.9 Å². The van der Waals surface area contributed by atoms with Crippen LogP contribution in [0.25, 0.3) is 10.9 Å². The predicted octanol–water partition coefficient (Wildman–Crippen LogP) is 1.61. The van der Waals surface area contributed by atoms with Crippen molar-refractivity contribution in [3.8, 4) is 5.75 Å². The van der Waals surface area contributed by atoms with Gasteiger partial charge in [0.05, 0.1) is 7.11 Å². The number of H-pyrrole nitrogens is 1. The number of aromatic nitrogens is 1. The topological polar surface area (TPSA) is 57.4 Å². The fourth-order valence-electron chi connectivity index (χ4n) is 2.68. The number of ether oxygens (including phenoxy) is 1. The number of rotatable bonds is 3. The van der Waals surface area contributed by atoms with Crippen LogP contribution in [-0.2, 0) is 0 Å². The number of fused-ring (bicyclic) bond motifs is 1. The molecule has 106 valence electrons. The summed E-state index contributed by atoms with van der Waals surface area (Å²) in [6.07, 6.45) is 1.01. The fraction of sp³-hybridized carbons (Fsp3) is 0.400. The number of hydrogen-bond donors (Lipinski definition) is 2. The lowest BCUT2D eigenvalue weighted by molar-refractivity contribution is 0.0934. The minimum Gasteiger partial charge on any atom is -0.497 e. The number of methoxy groups -OCH3 is 1. The van der Waals surface area contributed by atoms with E-state index in [4.69, 9.17) is 4.74 Å². The van der Waals surface area contributed by atoms with Gasteiger partial charge in [-0.1, -0.05) is 0 Å². The van der Waals surface area contributed by atoms with Gasteiger partial charge in [-0.2, -0.15) is 0 Å². The number of likely N-dealkylation sites (tertiary alicyclic amines) is 1. The number of amides is 1. The average molecular weight is 273 g/mol. The highest BCUT2D eigenvalue weighted by molar-refractivity contribution is 5.98. The van der Waals surface area contributed by atoms with Crippen molar-refractivity contribution in [1.82, 2.24) is 15.2 Å². The van der Waals surface area contributed by atoms with Gasteiger partial charge in [-0.05, 0) is 44.3 Å². The second-order valence-corrected chi connectivity index (χ2v) is 5.36. The SMILES string of the molecule is COc1ccc2[nH]c(C(=O)NC3CCN(C)C3)cc2c1. The molecule has 2 N–H and O–H groups in total. The van der Waals surface area contributed by atoms with Crippen LogP contribution in [0.4, 0.5) is 0 Å². The molecule has 2 heterocycles. The Kier molecular flexibility index (Phi) is 3.36. The van der Waals surface area contributed by atoms with Gasteiger partial charge in [0.15, 0.2) is 0 Å². The maximum atomic E-state index is 12.2. The van der Waals surface area contributed by atoms with Crippen molar-refractivity contribution in [3.63, 3.8) is 0 Å². The van der Waals surface area contributed by atoms with Gasteiger partial charge < -0.3 is 19.9 Å². The Morgan fingerprint density at radius 3 is 3.00 bits per heavy atom. The molecule has 0 aliphatic carbocycles. The van der Waals surface area contributed by atoms with E-state index in [0.717, 1.165) is 36.2 Å². The van der Waals surface area contributed by atoms with Gasteiger partial charge in [0.1, 0.15) is 11.4 Å². The van der Waals surface area contributed by atoms with E-state index in [1.165, 1.54) is 0 Å². The fourth-order valence-corrected chi connectivity index (χ4v) is 2.68. The molecule has 0 spiro atoms. The summed E-state index contributed by atoms with van der Waals surface area (Å²) in [7, 11) is 3.71. The summed E-state index contributed by atoms with van der Waals surface area (Å²) in [5, 5.41) is 4.06. The van der Waals surface area contributed by atoms with Crippen molar-refractivity contribution in [1.29, 1.82) is 0 Å². The molecular weight excluding hydrogens is 254 g/mol. The third kappa shape index (κ3) is 2.49. The first-order valence-corrected chi connectivity index (χ1v) is 6.82. The molecule has 0 bridgehead atoms. The van der Waals surface area contributed by atoms with Crippen molar-refractivity contribution in [2.75, 3.05) is 27.2 Å². The zero-order chi connectivity index (χ0) is 14.1. The molecule has 0 radical (unpaired) electrons. The molecule has 1 aromatic heterocycles. The highest BCUT2D eigenvalue weighted by Gasteiger charge is 2.22. The molecule has 1 aliphatic heterocycles. The van der Waals surface area contributed by atoms with E-state index in [2.05, 4.69) is 22.2 Å². The zero-order valence-electron chi connectivity index (χ0n) is 11.8. The lowest BCUT2D eigenvalue weighted by Crippen LogP contribution is -2.36. The molecule has 1 aromatic carbocycles. The summed E-state index contributed by atoms with van der Waals surface area (Å²) in [6.45, 7) is 1.95. The minimum atomic E-state index is -0.0412. The molecular formula is C15H19N3O2. The van der Waals surface area contributed by atoms with Crippen LogP contribution in [-0.4, -0.2) is 49.1 Å². The molecule has 1 amide bonds. The first kappa shape index (κ1) is 13.0. The van der Waals surface area contributed by atoms with E-state index in [-0.39, 0.29) is 11.9 Å². The second-order valence-electron chi connectivity index (χ2n) is 5.36. The molecule has 20 heavy (non-hydrogen) atoms. The number of carbonyl (C=O) groups is 1. The van der Waals surface area contributed by atoms with Crippen LogP contribution < -0.4 is 10.1 Å². The lowest BCUT2D eigenvalue weighted by atomic mass is 10.2. The highest BCUT2D eigenvalue weighted by Crippen LogP contribution is 2.21. The maximum Gasteiger partial charge on any atom is 0.267 e. The first-order valence-electron chi connectivity index (χ1n) is 6.82. The molecule has 2 aromatic rings. The van der Waals surface area contributed by atoms with Gasteiger partial charge >= 0.3 is 0 Å². The van der Waals surface area contributed by atoms with Gasteiger partial charge in [0.2, 0.25) is 0 Å². The van der Waals surface area contributed by atoms with Crippen LogP contribution in [0.15, 0.2) is 24.3 Å². The number of likely N-dealkylation sites (N-methyl/N-ethyl adjacent to an activating group) is 1. The summed E-state index contributed by atoms with van der Waals surface area (Å²) in [6, 6.07) is 7.84. The number of aromatic amines is 1. The van der Waals surface area contributed by atoms with Gasteiger partial charge in [0.25, 0.3) is 5.91 Å². The Morgan fingerprint density at radius 2 is 2.30 bits per heavy atom. The molecule has 0 saturated carbocycles. The molecule has 3 rings (SSSR count). The van der Waals surface area contributed by atoms with E-state index in [1.54, 1.807) is 7.11 Å². The van der Waals surface area contributed by atoms with E-state index in [0.29, 0.717) is 5.69 Å². The van der Waals surface area contributed by atoms with Crippen LogP contribution in [0.3, 0.4) is 0 Å². The van der Waals surface area contributed by atoms with Crippen LogP contribution >= 0.6 is 0 Å². The van der Waals surface area contributed by atoms with E-state index in [1.807, 2.05) is 24.3 Å². The van der Waals surface area contributed by atoms with Crippen molar-refractivity contribution in [2.45, 2.75) is 12.5 Å². The van der Waals surface area contributed by atoms with Gasteiger partial charge in [-0.25, -0.2) is 0 Å². The normalized spacial score (nSPS) is 19.4. The standard InChI is InChI=1S/C15H19N3O2/c1-18-6-5-11(9-18)16-15(19)14-8-10-7-12(20-2)3-4-13(10)17-14/h3-4,7-8,11,17H,5-6,9H2,1-2H3,(H,16,19). The highest BCUT2D eigenvalue weighted by atomic mass is 16.5. The predicted molar refractivity (Wildman–Crippen MR) is 78.2 cm³/mol. The Bertz CT molecular complexity index is 635. The number of hydrogen-bond acceptors (Lipinski definition) is 3. The molecule has 1 fully saturated rings. The van der Waals surface area contributed by atoms with Crippen molar-refractivity contribution >= 4 is 16.8 Å². The van der Waals surface area contributed by atoms with Crippen LogP contribution in [0.2, 0.25) is 0 Å². The molecule has 5 heteroatoms. The van der Waals surface area contributed by atoms with Crippen molar-refractivity contribution < 1.29 is 9.53 Å². The van der Waals surface area contributed by atoms with Gasteiger partial charge in [0, 0.05) is 23.5 Å². The summed E-state index contributed by atoms with van der Waals surface area (Å²) >= 11 is 0. The molecule has 1 saturated heterocycles. The van der Waals surface area contributed by atoms with E-state index in [9.17, 15) is 4.79 Å². The maximum absolute atomic E-state index is 12.2. The van der Waals surface area contributed by atoms with Crippen LogP contribution in [0, 0.1) is 0 Å². The largest absolute Gasteiger partial charge is 0.497 e. The Hall–Kier alpha value is -2.01. The van der Waals surface area contributed by atoms with Gasteiger partial charge in [-0.15, -0.1) is 0 Å². The summed E-state index contributed by atoms with van der Waals surface area (Å²) in [5.41, 5.74) is 1.54. The molecule has 5 nitrogen and oxygen atoms in total. The smallest absolute Gasteiger partial charge is 0.267 e.